The van der Waals surface area contributed by atoms with Gasteiger partial charge in [0.15, 0.2) is 11.4 Å². The summed E-state index contributed by atoms with van der Waals surface area (Å²) in [5, 5.41) is 9.43. The molecule has 0 aromatic heterocycles. The zero-order valence-electron chi connectivity index (χ0n) is 8.36. The highest BCUT2D eigenvalue weighted by Crippen LogP contribution is 2.12. The molecule has 0 aliphatic heterocycles. The quantitative estimate of drug-likeness (QED) is 0.600. The summed E-state index contributed by atoms with van der Waals surface area (Å²) in [6.07, 6.45) is 0. The first-order valence-electron chi connectivity index (χ1n) is 3.93. The van der Waals surface area contributed by atoms with Crippen LogP contribution in [0.5, 0.6) is 0 Å². The maximum atomic E-state index is 10.8. The van der Waals surface area contributed by atoms with Crippen LogP contribution in [0.25, 0.3) is 0 Å². The molecule has 68 valence electrons. The van der Waals surface area contributed by atoms with Gasteiger partial charge in [-0.2, -0.15) is 0 Å². The molecule has 0 fully saturated rings. The first-order valence-corrected chi connectivity index (χ1v) is 3.93. The molecule has 2 heteroatoms. The van der Waals surface area contributed by atoms with Crippen LogP contribution >= 0.6 is 0 Å². The van der Waals surface area contributed by atoms with Crippen LogP contribution in [0.2, 0.25) is 0 Å². The van der Waals surface area contributed by atoms with Crippen LogP contribution in [0, 0.1) is 17.3 Å². The molecule has 0 heterocycles. The minimum Gasteiger partial charge on any atom is -0.371 e. The third-order valence-corrected chi connectivity index (χ3v) is 1.37. The molecule has 1 unspecified atom stereocenters. The average Bonchev–Trinajstić information content (AvgIpc) is 1.82. The van der Waals surface area contributed by atoms with Crippen molar-refractivity contribution in [2.45, 2.75) is 40.2 Å². The molecule has 0 aliphatic carbocycles. The lowest BCUT2D eigenvalue weighted by Gasteiger charge is -2.13. The van der Waals surface area contributed by atoms with Crippen LogP contribution in [-0.2, 0) is 4.79 Å². The molecule has 0 amide bonds. The summed E-state index contributed by atoms with van der Waals surface area (Å²) >= 11 is 0. The Kier molecular flexibility index (Phi) is 3.06. The Morgan fingerprint density at radius 1 is 1.17 bits per heavy atom. The van der Waals surface area contributed by atoms with E-state index in [0.717, 1.165) is 0 Å². The first-order chi connectivity index (χ1) is 5.15. The molecule has 0 bridgehead atoms. The summed E-state index contributed by atoms with van der Waals surface area (Å²) < 4.78 is 0. The number of aliphatic hydroxyl groups is 1. The second kappa shape index (κ2) is 3.28. The summed E-state index contributed by atoms with van der Waals surface area (Å²) in [5.74, 6) is 5.06. The molecule has 1 atom stereocenters. The highest BCUT2D eigenvalue weighted by Gasteiger charge is 2.23. The number of hydrogen-bond acceptors (Lipinski definition) is 2. The third-order valence-electron chi connectivity index (χ3n) is 1.37. The fourth-order valence-electron chi connectivity index (χ4n) is 0.397. The lowest BCUT2D eigenvalue weighted by Crippen LogP contribution is -2.31. The van der Waals surface area contributed by atoms with E-state index in [1.54, 1.807) is 0 Å². The lowest BCUT2D eigenvalue weighted by atomic mass is 9.94. The smallest absolute Gasteiger partial charge is 0.180 e. The van der Waals surface area contributed by atoms with Gasteiger partial charge in [-0.3, -0.25) is 4.79 Å². The summed E-state index contributed by atoms with van der Waals surface area (Å²) in [6.45, 7) is 8.52. The lowest BCUT2D eigenvalue weighted by molar-refractivity contribution is -0.128. The van der Waals surface area contributed by atoms with Crippen LogP contribution < -0.4 is 0 Å². The summed E-state index contributed by atoms with van der Waals surface area (Å²) in [4.78, 5) is 10.8. The second-order valence-corrected chi connectivity index (χ2v) is 4.13. The minimum atomic E-state index is -1.49. The number of Topliss-reactive ketones (excluding diaryl/α,β-unsaturated/α-hetero) is 1. The molecule has 0 spiro atoms. The van der Waals surface area contributed by atoms with Gasteiger partial charge in [-0.1, -0.05) is 11.8 Å². The van der Waals surface area contributed by atoms with Gasteiger partial charge in [-0.25, -0.2) is 0 Å². The summed E-state index contributed by atoms with van der Waals surface area (Å²) in [7, 11) is 0. The molecule has 0 radical (unpaired) electrons. The average molecular weight is 168 g/mol. The third kappa shape index (κ3) is 4.15. The largest absolute Gasteiger partial charge is 0.371 e. The van der Waals surface area contributed by atoms with Crippen molar-refractivity contribution in [3.63, 3.8) is 0 Å². The molecule has 0 saturated carbocycles. The molecule has 0 rings (SSSR count). The predicted molar refractivity (Wildman–Crippen MR) is 48.5 cm³/mol. The molecule has 0 aliphatic rings. The fraction of sp³-hybridized carbons (Fsp3) is 0.700. The Morgan fingerprint density at radius 2 is 1.58 bits per heavy atom. The van der Waals surface area contributed by atoms with Crippen molar-refractivity contribution in [3.05, 3.63) is 0 Å². The van der Waals surface area contributed by atoms with Gasteiger partial charge in [0.05, 0.1) is 0 Å². The minimum absolute atomic E-state index is 0.181. The fourth-order valence-corrected chi connectivity index (χ4v) is 0.397. The van der Waals surface area contributed by atoms with Crippen LogP contribution in [0.15, 0.2) is 0 Å². The molecule has 0 saturated heterocycles. The first kappa shape index (κ1) is 11.2. The van der Waals surface area contributed by atoms with Gasteiger partial charge in [-0.05, 0) is 34.6 Å². The van der Waals surface area contributed by atoms with Gasteiger partial charge in [0, 0.05) is 5.41 Å². The molecular weight excluding hydrogens is 152 g/mol. The van der Waals surface area contributed by atoms with Crippen molar-refractivity contribution >= 4 is 5.78 Å². The maximum absolute atomic E-state index is 10.8. The number of ketones is 1. The monoisotopic (exact) mass is 168 g/mol. The standard InChI is InChI=1S/C10H16O2/c1-8(11)10(5,12)7-6-9(2,3)4/h12H,1-5H3. The second-order valence-electron chi connectivity index (χ2n) is 4.13. The SMILES string of the molecule is CC(=O)C(C)(O)C#CC(C)(C)C. The van der Waals surface area contributed by atoms with E-state index in [-0.39, 0.29) is 11.2 Å². The van der Waals surface area contributed by atoms with E-state index in [0.29, 0.717) is 0 Å². The molecule has 1 N–H and O–H groups in total. The predicted octanol–water partition coefficient (Wildman–Crippen LogP) is 1.38. The van der Waals surface area contributed by atoms with Gasteiger partial charge in [0.2, 0.25) is 0 Å². The molecule has 2 nitrogen and oxygen atoms in total. The zero-order chi connectivity index (χ0) is 9.99. The van der Waals surface area contributed by atoms with E-state index in [1.807, 2.05) is 20.8 Å². The van der Waals surface area contributed by atoms with Gasteiger partial charge < -0.3 is 5.11 Å². The maximum Gasteiger partial charge on any atom is 0.180 e. The van der Waals surface area contributed by atoms with Crippen molar-refractivity contribution in [2.24, 2.45) is 5.41 Å². The Labute approximate surface area is 74.0 Å². The van der Waals surface area contributed by atoms with Crippen LogP contribution in [0.4, 0.5) is 0 Å². The van der Waals surface area contributed by atoms with Gasteiger partial charge in [0.1, 0.15) is 0 Å². The Balaban J connectivity index is 4.61. The number of carbonyl (C=O) groups is 1. The summed E-state index contributed by atoms with van der Waals surface area (Å²) in [6, 6.07) is 0. The zero-order valence-corrected chi connectivity index (χ0v) is 8.36. The highest BCUT2D eigenvalue weighted by atomic mass is 16.3. The van der Waals surface area contributed by atoms with E-state index >= 15 is 0 Å². The molecular formula is C10H16O2. The molecule has 12 heavy (non-hydrogen) atoms. The van der Waals surface area contributed by atoms with Gasteiger partial charge >= 0.3 is 0 Å². The van der Waals surface area contributed by atoms with Crippen molar-refractivity contribution < 1.29 is 9.90 Å². The van der Waals surface area contributed by atoms with E-state index in [4.69, 9.17) is 0 Å². The number of carbonyl (C=O) groups excluding carboxylic acids is 1. The van der Waals surface area contributed by atoms with Crippen LogP contribution in [-0.4, -0.2) is 16.5 Å². The Hall–Kier alpha value is -0.810. The molecule has 0 aromatic rings. The van der Waals surface area contributed by atoms with Crippen LogP contribution in [0.3, 0.4) is 0 Å². The Bertz CT molecular complexity index is 233. The van der Waals surface area contributed by atoms with E-state index < -0.39 is 5.60 Å². The number of hydrogen-bond donors (Lipinski definition) is 1. The molecule has 0 aromatic carbocycles. The van der Waals surface area contributed by atoms with Crippen molar-refractivity contribution in [3.8, 4) is 11.8 Å². The van der Waals surface area contributed by atoms with E-state index in [1.165, 1.54) is 13.8 Å². The Morgan fingerprint density at radius 3 is 1.83 bits per heavy atom. The van der Waals surface area contributed by atoms with Crippen LogP contribution in [0.1, 0.15) is 34.6 Å². The van der Waals surface area contributed by atoms with Gasteiger partial charge in [0.25, 0.3) is 0 Å². The number of rotatable bonds is 1. The van der Waals surface area contributed by atoms with Crippen molar-refractivity contribution in [2.75, 3.05) is 0 Å². The van der Waals surface area contributed by atoms with E-state index in [9.17, 15) is 9.90 Å². The van der Waals surface area contributed by atoms with Gasteiger partial charge in [-0.15, -0.1) is 0 Å². The van der Waals surface area contributed by atoms with Crippen molar-refractivity contribution in [1.29, 1.82) is 0 Å². The van der Waals surface area contributed by atoms with Crippen molar-refractivity contribution in [1.82, 2.24) is 0 Å². The normalized spacial score (nSPS) is 15.8. The highest BCUT2D eigenvalue weighted by molar-refractivity contribution is 5.87. The topological polar surface area (TPSA) is 37.3 Å². The summed E-state index contributed by atoms with van der Waals surface area (Å²) in [5.41, 5.74) is -1.67. The van der Waals surface area contributed by atoms with E-state index in [2.05, 4.69) is 11.8 Å².